The van der Waals surface area contributed by atoms with Crippen LogP contribution in [0.1, 0.15) is 0 Å². The number of nitrogens with zero attached hydrogens (tertiary/aromatic N) is 5. The molecule has 0 radical (unpaired) electrons. The Morgan fingerprint density at radius 1 is 1.32 bits per heavy atom. The predicted molar refractivity (Wildman–Crippen MR) is 71.3 cm³/mol. The van der Waals surface area contributed by atoms with Gasteiger partial charge in [0.15, 0.2) is 11.5 Å². The van der Waals surface area contributed by atoms with Gasteiger partial charge in [-0.15, -0.1) is 5.10 Å². The molecule has 0 fully saturated rings. The molecule has 19 heavy (non-hydrogen) atoms. The zero-order valence-electron chi connectivity index (χ0n) is 10.0. The van der Waals surface area contributed by atoms with Crippen LogP contribution < -0.4 is 5.73 Å². The molecule has 3 aromatic rings. The van der Waals surface area contributed by atoms with Gasteiger partial charge >= 0.3 is 0 Å². The van der Waals surface area contributed by atoms with E-state index in [1.165, 1.54) is 6.33 Å². The van der Waals surface area contributed by atoms with Gasteiger partial charge in [0.2, 0.25) is 0 Å². The quantitative estimate of drug-likeness (QED) is 0.570. The summed E-state index contributed by atoms with van der Waals surface area (Å²) in [5.74, 6) is 0.380. The van der Waals surface area contributed by atoms with Gasteiger partial charge in [0, 0.05) is 24.4 Å². The smallest absolute Gasteiger partial charge is 0.166 e. The zero-order chi connectivity index (χ0) is 13.2. The van der Waals surface area contributed by atoms with Crippen LogP contribution in [0, 0.1) is 0 Å². The van der Waals surface area contributed by atoms with Crippen molar-refractivity contribution in [2.24, 2.45) is 0 Å². The fourth-order valence-electron chi connectivity index (χ4n) is 1.76. The number of aromatic nitrogens is 5. The maximum absolute atomic E-state index is 5.94. The summed E-state index contributed by atoms with van der Waals surface area (Å²) in [6, 6.07) is 3.58. The van der Waals surface area contributed by atoms with Gasteiger partial charge in [0.25, 0.3) is 0 Å². The molecule has 96 valence electrons. The summed E-state index contributed by atoms with van der Waals surface area (Å²) in [6.45, 7) is 0. The fourth-order valence-corrected chi connectivity index (χ4v) is 2.18. The van der Waals surface area contributed by atoms with Crippen LogP contribution >= 0.6 is 12.0 Å². The molecule has 0 amide bonds. The summed E-state index contributed by atoms with van der Waals surface area (Å²) >= 11 is 1.16. The Balaban J connectivity index is 2.18. The normalized spacial score (nSPS) is 11.0. The van der Waals surface area contributed by atoms with E-state index in [9.17, 15) is 0 Å². The predicted octanol–water partition coefficient (Wildman–Crippen LogP) is 1.42. The van der Waals surface area contributed by atoms with Crippen LogP contribution in [-0.4, -0.2) is 31.7 Å². The summed E-state index contributed by atoms with van der Waals surface area (Å²) in [4.78, 5) is 12.6. The Hall–Kier alpha value is -2.19. The van der Waals surface area contributed by atoms with Crippen LogP contribution in [0.15, 0.2) is 35.9 Å². The van der Waals surface area contributed by atoms with E-state index in [2.05, 4.69) is 20.1 Å². The van der Waals surface area contributed by atoms with Gasteiger partial charge in [0.1, 0.15) is 11.4 Å². The summed E-state index contributed by atoms with van der Waals surface area (Å²) in [6.07, 6.45) is 4.93. The molecular weight excluding hydrogens is 264 g/mol. The van der Waals surface area contributed by atoms with Crippen molar-refractivity contribution >= 4 is 23.5 Å². The Labute approximate surface area is 113 Å². The summed E-state index contributed by atoms with van der Waals surface area (Å²) in [5.41, 5.74) is 7.96. The van der Waals surface area contributed by atoms with Crippen molar-refractivity contribution in [3.05, 3.63) is 30.9 Å². The molecule has 0 aromatic carbocycles. The standard InChI is InChI=1S/C11H10N6OS/c1-18-19-8-5-7(14-6-15-8)9-10(12)16-17-4-2-3-13-11(9)17/h2-6H,1H3,(H2,12,16). The first-order valence-electron chi connectivity index (χ1n) is 5.41. The molecule has 0 bridgehead atoms. The lowest BCUT2D eigenvalue weighted by Crippen LogP contribution is -1.92. The molecule has 0 unspecified atom stereocenters. The molecule has 0 saturated heterocycles. The van der Waals surface area contributed by atoms with Crippen molar-refractivity contribution in [3.8, 4) is 11.3 Å². The minimum atomic E-state index is 0.380. The van der Waals surface area contributed by atoms with Crippen molar-refractivity contribution in [2.45, 2.75) is 5.03 Å². The van der Waals surface area contributed by atoms with E-state index in [4.69, 9.17) is 9.92 Å². The van der Waals surface area contributed by atoms with E-state index in [0.29, 0.717) is 27.7 Å². The van der Waals surface area contributed by atoms with Crippen molar-refractivity contribution in [1.82, 2.24) is 24.6 Å². The molecule has 3 aromatic heterocycles. The number of anilines is 1. The number of hydrogen-bond donors (Lipinski definition) is 1. The van der Waals surface area contributed by atoms with Crippen LogP contribution in [0.2, 0.25) is 0 Å². The van der Waals surface area contributed by atoms with Gasteiger partial charge in [0.05, 0.1) is 18.4 Å². The maximum atomic E-state index is 5.94. The second-order valence-electron chi connectivity index (χ2n) is 3.64. The fraction of sp³-hybridized carbons (Fsp3) is 0.0909. The third-order valence-electron chi connectivity index (χ3n) is 2.49. The maximum Gasteiger partial charge on any atom is 0.166 e. The average molecular weight is 274 g/mol. The number of rotatable bonds is 3. The highest BCUT2D eigenvalue weighted by atomic mass is 32.2. The summed E-state index contributed by atoms with van der Waals surface area (Å²) in [7, 11) is 1.58. The minimum absolute atomic E-state index is 0.380. The molecule has 3 heterocycles. The van der Waals surface area contributed by atoms with Crippen LogP contribution in [0.5, 0.6) is 0 Å². The van der Waals surface area contributed by atoms with Crippen LogP contribution in [0.3, 0.4) is 0 Å². The van der Waals surface area contributed by atoms with E-state index >= 15 is 0 Å². The summed E-state index contributed by atoms with van der Waals surface area (Å²) in [5, 5.41) is 4.90. The van der Waals surface area contributed by atoms with Gasteiger partial charge in [-0.2, -0.15) is 0 Å². The Bertz CT molecular complexity index is 728. The average Bonchev–Trinajstić information content (AvgIpc) is 2.75. The van der Waals surface area contributed by atoms with Crippen molar-refractivity contribution in [2.75, 3.05) is 12.8 Å². The third-order valence-corrected chi connectivity index (χ3v) is 3.05. The molecule has 2 N–H and O–H groups in total. The number of nitrogen functional groups attached to an aromatic ring is 1. The van der Waals surface area contributed by atoms with Crippen LogP contribution in [0.25, 0.3) is 16.9 Å². The van der Waals surface area contributed by atoms with E-state index < -0.39 is 0 Å². The topological polar surface area (TPSA) is 91.2 Å². The first kappa shape index (κ1) is 11.9. The molecule has 3 rings (SSSR count). The van der Waals surface area contributed by atoms with Crippen molar-refractivity contribution in [3.63, 3.8) is 0 Å². The van der Waals surface area contributed by atoms with Crippen LogP contribution in [-0.2, 0) is 4.18 Å². The molecule has 8 heteroatoms. The molecular formula is C11H10N6OS. The molecule has 0 spiro atoms. The molecule has 0 aliphatic heterocycles. The number of nitrogens with two attached hydrogens (primary N) is 1. The third kappa shape index (κ3) is 2.11. The summed E-state index contributed by atoms with van der Waals surface area (Å²) < 4.78 is 6.60. The monoisotopic (exact) mass is 274 g/mol. The van der Waals surface area contributed by atoms with E-state index in [0.717, 1.165) is 12.0 Å². The highest BCUT2D eigenvalue weighted by Gasteiger charge is 2.15. The second-order valence-corrected chi connectivity index (χ2v) is 4.56. The van der Waals surface area contributed by atoms with Crippen LogP contribution in [0.4, 0.5) is 5.82 Å². The lowest BCUT2D eigenvalue weighted by Gasteiger charge is -2.01. The number of fused-ring (bicyclic) bond motifs is 1. The van der Waals surface area contributed by atoms with Gasteiger partial charge in [-0.3, -0.25) is 0 Å². The Morgan fingerprint density at radius 2 is 2.21 bits per heavy atom. The first-order chi connectivity index (χ1) is 9.29. The van der Waals surface area contributed by atoms with Crippen molar-refractivity contribution in [1.29, 1.82) is 0 Å². The molecule has 0 aliphatic rings. The first-order valence-corrected chi connectivity index (χ1v) is 6.15. The van der Waals surface area contributed by atoms with Gasteiger partial charge in [-0.05, 0) is 12.1 Å². The van der Waals surface area contributed by atoms with E-state index in [1.54, 1.807) is 36.2 Å². The second kappa shape index (κ2) is 4.82. The number of hydrogen-bond acceptors (Lipinski definition) is 7. The minimum Gasteiger partial charge on any atom is -0.382 e. The Morgan fingerprint density at radius 3 is 3.05 bits per heavy atom. The van der Waals surface area contributed by atoms with Gasteiger partial charge in [-0.25, -0.2) is 19.5 Å². The highest BCUT2D eigenvalue weighted by Crippen LogP contribution is 2.29. The van der Waals surface area contributed by atoms with Gasteiger partial charge in [-0.1, -0.05) is 0 Å². The lowest BCUT2D eigenvalue weighted by atomic mass is 10.2. The molecule has 0 aliphatic carbocycles. The lowest BCUT2D eigenvalue weighted by molar-refractivity contribution is 0.488. The molecule has 7 nitrogen and oxygen atoms in total. The van der Waals surface area contributed by atoms with E-state index in [-0.39, 0.29) is 0 Å². The van der Waals surface area contributed by atoms with Crippen molar-refractivity contribution < 1.29 is 4.18 Å². The zero-order valence-corrected chi connectivity index (χ0v) is 10.8. The highest BCUT2D eigenvalue weighted by molar-refractivity contribution is 7.94. The van der Waals surface area contributed by atoms with Gasteiger partial charge < -0.3 is 9.92 Å². The SMILES string of the molecule is COSc1cc(-c2c(N)nn3cccnc23)ncn1. The van der Waals surface area contributed by atoms with E-state index in [1.807, 2.05) is 0 Å². The molecule has 0 atom stereocenters. The Kier molecular flexibility index (Phi) is 3.02. The molecule has 0 saturated carbocycles. The largest absolute Gasteiger partial charge is 0.382 e.